The zero-order chi connectivity index (χ0) is 28.0. The van der Waals surface area contributed by atoms with Crippen LogP contribution in [0, 0.1) is 23.5 Å². The second-order valence-electron chi connectivity index (χ2n) is 8.78. The van der Waals surface area contributed by atoms with Gasteiger partial charge in [0.1, 0.15) is 29.9 Å². The molecule has 1 aromatic heterocycles. The molecule has 6 nitrogen and oxygen atoms in total. The highest BCUT2D eigenvalue weighted by atomic mass is 32.2. The van der Waals surface area contributed by atoms with Crippen LogP contribution < -0.4 is 0 Å². The number of ether oxygens (including phenoxy) is 2. The van der Waals surface area contributed by atoms with Crippen LogP contribution in [0.2, 0.25) is 0 Å². The highest BCUT2D eigenvalue weighted by Crippen LogP contribution is 2.38. The van der Waals surface area contributed by atoms with Gasteiger partial charge in [-0.25, -0.2) is 18.4 Å². The predicted molar refractivity (Wildman–Crippen MR) is 134 cm³/mol. The maximum atomic E-state index is 14.7. The van der Waals surface area contributed by atoms with Crippen LogP contribution >= 0.6 is 11.8 Å². The van der Waals surface area contributed by atoms with Crippen molar-refractivity contribution in [2.75, 3.05) is 13.2 Å². The van der Waals surface area contributed by atoms with E-state index >= 15 is 0 Å². The van der Waals surface area contributed by atoms with Gasteiger partial charge in [-0.3, -0.25) is 0 Å². The van der Waals surface area contributed by atoms with Crippen molar-refractivity contribution in [3.63, 3.8) is 0 Å². The monoisotopic (exact) mass is 565 g/mol. The molecule has 1 saturated heterocycles. The molecule has 2 unspecified atom stereocenters. The minimum Gasteiger partial charge on any atom is -0.382 e. The first kappa shape index (κ1) is 28.8. The van der Waals surface area contributed by atoms with E-state index in [9.17, 15) is 27.1 Å². The van der Waals surface area contributed by atoms with Crippen LogP contribution in [0.3, 0.4) is 0 Å². The Morgan fingerprint density at radius 2 is 1.87 bits per heavy atom. The normalized spacial score (nSPS) is 20.3. The summed E-state index contributed by atoms with van der Waals surface area (Å²) < 4.78 is 79.0. The standard InChI is InChI=1S/C27H24F5N3O3S/c1-18(26(36,15-35-17-33-16-34-35)23-11-10-21(28)12-24(23)29)39-22-13-37-25(38-14-22)5-3-2-4-19-6-8-20(9-7-19)27(30,31)32/h3,5-12,16-18,22,25,36H,13-15H2,1H3/b5-3+. The van der Waals surface area contributed by atoms with E-state index in [2.05, 4.69) is 21.9 Å². The third-order valence-corrected chi connectivity index (χ3v) is 7.45. The van der Waals surface area contributed by atoms with Crippen molar-refractivity contribution in [1.82, 2.24) is 14.8 Å². The maximum Gasteiger partial charge on any atom is 0.416 e. The molecule has 2 atom stereocenters. The second kappa shape index (κ2) is 12.3. The summed E-state index contributed by atoms with van der Waals surface area (Å²) in [6.07, 6.45) is 0.686. The molecule has 0 saturated carbocycles. The van der Waals surface area contributed by atoms with E-state index in [1.807, 2.05) is 0 Å². The smallest absolute Gasteiger partial charge is 0.382 e. The van der Waals surface area contributed by atoms with Crippen molar-refractivity contribution < 1.29 is 36.5 Å². The third-order valence-electron chi connectivity index (χ3n) is 5.99. The Balaban J connectivity index is 1.34. The summed E-state index contributed by atoms with van der Waals surface area (Å²) in [7, 11) is 0. The number of thioether (sulfide) groups is 1. The molecule has 1 N–H and O–H groups in total. The SMILES string of the molecule is CC(SC1COC(/C=C/C#Cc2ccc(C(F)(F)F)cc2)OC1)C(O)(Cn1cncn1)c1ccc(F)cc1F. The van der Waals surface area contributed by atoms with Crippen LogP contribution in [0.25, 0.3) is 0 Å². The number of benzene rings is 2. The van der Waals surface area contributed by atoms with Gasteiger partial charge in [-0.1, -0.05) is 24.8 Å². The fraction of sp³-hybridized carbons (Fsp3) is 0.333. The molecule has 2 heterocycles. The Kier molecular flexibility index (Phi) is 9.07. The Labute approximate surface area is 225 Å². The van der Waals surface area contributed by atoms with Crippen LogP contribution in [-0.2, 0) is 27.8 Å². The van der Waals surface area contributed by atoms with Crippen molar-refractivity contribution in [2.45, 2.75) is 42.0 Å². The number of rotatable bonds is 7. The van der Waals surface area contributed by atoms with Crippen LogP contribution in [0.4, 0.5) is 22.0 Å². The van der Waals surface area contributed by atoms with E-state index in [0.717, 1.165) is 24.3 Å². The molecule has 4 rings (SSSR count). The van der Waals surface area contributed by atoms with Crippen LogP contribution in [-0.4, -0.2) is 49.9 Å². The van der Waals surface area contributed by atoms with Crippen molar-refractivity contribution in [3.05, 3.63) is 95.6 Å². The molecule has 1 aliphatic rings. The number of nitrogens with zero attached hydrogens (tertiary/aromatic N) is 3. The van der Waals surface area contributed by atoms with Gasteiger partial charge in [-0.2, -0.15) is 18.3 Å². The zero-order valence-electron chi connectivity index (χ0n) is 20.6. The van der Waals surface area contributed by atoms with E-state index in [1.54, 1.807) is 13.0 Å². The van der Waals surface area contributed by atoms with Crippen molar-refractivity contribution in [1.29, 1.82) is 0 Å². The first-order chi connectivity index (χ1) is 18.5. The predicted octanol–water partition coefficient (Wildman–Crippen LogP) is 4.93. The molecule has 1 aliphatic heterocycles. The Morgan fingerprint density at radius 1 is 1.15 bits per heavy atom. The van der Waals surface area contributed by atoms with E-state index in [0.29, 0.717) is 5.56 Å². The zero-order valence-corrected chi connectivity index (χ0v) is 21.4. The lowest BCUT2D eigenvalue weighted by Gasteiger charge is -2.37. The molecular formula is C27H24F5N3O3S. The molecule has 0 aliphatic carbocycles. The summed E-state index contributed by atoms with van der Waals surface area (Å²) in [5, 5.41) is 14.9. The molecule has 0 amide bonds. The lowest BCUT2D eigenvalue weighted by molar-refractivity contribution is -0.146. The fourth-order valence-electron chi connectivity index (χ4n) is 3.92. The van der Waals surface area contributed by atoms with Gasteiger partial charge in [-0.15, -0.1) is 11.8 Å². The molecule has 12 heteroatoms. The first-order valence-electron chi connectivity index (χ1n) is 11.8. The molecule has 0 bridgehead atoms. The van der Waals surface area contributed by atoms with Gasteiger partial charge in [0.2, 0.25) is 0 Å². The average molecular weight is 566 g/mol. The first-order valence-corrected chi connectivity index (χ1v) is 12.7. The van der Waals surface area contributed by atoms with E-state index in [1.165, 1.54) is 53.4 Å². The molecule has 2 aromatic carbocycles. The minimum absolute atomic E-state index is 0.0653. The minimum atomic E-state index is -4.40. The Bertz CT molecular complexity index is 1330. The number of hydrogen-bond donors (Lipinski definition) is 1. The number of allylic oxidation sites excluding steroid dienone is 1. The summed E-state index contributed by atoms with van der Waals surface area (Å²) >= 11 is 1.33. The highest BCUT2D eigenvalue weighted by molar-refractivity contribution is 8.00. The molecule has 206 valence electrons. The Morgan fingerprint density at radius 3 is 2.49 bits per heavy atom. The number of alkyl halides is 3. The number of aliphatic hydroxyl groups is 1. The lowest BCUT2D eigenvalue weighted by Crippen LogP contribution is -2.43. The van der Waals surface area contributed by atoms with Crippen molar-refractivity contribution >= 4 is 11.8 Å². The molecule has 3 aromatic rings. The molecular weight excluding hydrogens is 541 g/mol. The quantitative estimate of drug-likeness (QED) is 0.324. The molecule has 1 fully saturated rings. The van der Waals surface area contributed by atoms with Gasteiger partial charge < -0.3 is 14.6 Å². The maximum absolute atomic E-state index is 14.7. The van der Waals surface area contributed by atoms with Gasteiger partial charge >= 0.3 is 6.18 Å². The third kappa shape index (κ3) is 7.45. The number of halogens is 5. The van der Waals surface area contributed by atoms with E-state index in [4.69, 9.17) is 9.47 Å². The van der Waals surface area contributed by atoms with Gasteiger partial charge in [0.15, 0.2) is 6.29 Å². The molecule has 39 heavy (non-hydrogen) atoms. The molecule has 0 radical (unpaired) electrons. The number of hydrogen-bond acceptors (Lipinski definition) is 6. The largest absolute Gasteiger partial charge is 0.416 e. The van der Waals surface area contributed by atoms with E-state index < -0.39 is 40.5 Å². The highest BCUT2D eigenvalue weighted by Gasteiger charge is 2.41. The average Bonchev–Trinajstić information content (AvgIpc) is 3.40. The Hall–Kier alpha value is -3.24. The number of aromatic nitrogens is 3. The van der Waals surface area contributed by atoms with Gasteiger partial charge in [0, 0.05) is 22.4 Å². The summed E-state index contributed by atoms with van der Waals surface area (Å²) in [6.45, 7) is 2.15. The van der Waals surface area contributed by atoms with Gasteiger partial charge in [-0.05, 0) is 42.5 Å². The summed E-state index contributed by atoms with van der Waals surface area (Å²) in [5.41, 5.74) is -2.13. The van der Waals surface area contributed by atoms with Crippen LogP contribution in [0.5, 0.6) is 0 Å². The van der Waals surface area contributed by atoms with Crippen LogP contribution in [0.15, 0.2) is 67.3 Å². The summed E-state index contributed by atoms with van der Waals surface area (Å²) in [5.74, 6) is 3.85. The molecule has 0 spiro atoms. The summed E-state index contributed by atoms with van der Waals surface area (Å²) in [4.78, 5) is 3.86. The lowest BCUT2D eigenvalue weighted by atomic mass is 9.90. The fourth-order valence-corrected chi connectivity index (χ4v) is 5.24. The van der Waals surface area contributed by atoms with Gasteiger partial charge in [0.25, 0.3) is 0 Å². The van der Waals surface area contributed by atoms with Crippen LogP contribution in [0.1, 0.15) is 23.6 Å². The van der Waals surface area contributed by atoms with Gasteiger partial charge in [0.05, 0.1) is 30.6 Å². The van der Waals surface area contributed by atoms with Crippen molar-refractivity contribution in [3.8, 4) is 11.8 Å². The topological polar surface area (TPSA) is 69.4 Å². The summed E-state index contributed by atoms with van der Waals surface area (Å²) in [6, 6.07) is 7.56. The van der Waals surface area contributed by atoms with Crippen molar-refractivity contribution in [2.24, 2.45) is 0 Å². The van der Waals surface area contributed by atoms with E-state index in [-0.39, 0.29) is 30.6 Å². The second-order valence-corrected chi connectivity index (χ2v) is 10.4.